The Morgan fingerprint density at radius 2 is 1.67 bits per heavy atom. The normalized spacial score (nSPS) is 11.0. The van der Waals surface area contributed by atoms with E-state index in [0.717, 1.165) is 15.7 Å². The summed E-state index contributed by atoms with van der Waals surface area (Å²) in [7, 11) is 0. The summed E-state index contributed by atoms with van der Waals surface area (Å²) in [5.74, 6) is -0.776. The largest absolute Gasteiger partial charge is 0.207 e. The maximum absolute atomic E-state index is 13.9. The molecule has 0 heterocycles. The van der Waals surface area contributed by atoms with Crippen molar-refractivity contribution in [1.82, 2.24) is 0 Å². The van der Waals surface area contributed by atoms with Crippen LogP contribution in [0.5, 0.6) is 0 Å². The number of fused-ring (bicyclic) bond motifs is 1. The highest BCUT2D eigenvalue weighted by atomic mass is 79.9. The van der Waals surface area contributed by atoms with Crippen LogP contribution in [-0.4, -0.2) is 0 Å². The second kappa shape index (κ2) is 6.16. The van der Waals surface area contributed by atoms with E-state index in [2.05, 4.69) is 15.9 Å². The molecule has 0 amide bonds. The number of benzene rings is 3. The molecule has 3 aromatic rings. The molecule has 0 N–H and O–H groups in total. The van der Waals surface area contributed by atoms with E-state index in [1.54, 1.807) is 0 Å². The predicted octanol–water partition coefficient (Wildman–Crippen LogP) is 6.17. The van der Waals surface area contributed by atoms with Crippen molar-refractivity contribution in [2.24, 2.45) is 0 Å². The van der Waals surface area contributed by atoms with E-state index >= 15 is 0 Å². The van der Waals surface area contributed by atoms with Crippen LogP contribution < -0.4 is 0 Å². The number of rotatable bonds is 3. The molecule has 0 spiro atoms. The number of thioether (sulfide) groups is 1. The Labute approximate surface area is 134 Å². The molecule has 0 aliphatic heterocycles. The standard InChI is InChI=1S/C17H11BrF2S/c18-15-7-8-16(19)14(17(15)20)10-21-13-6-5-11-3-1-2-4-12(11)9-13/h1-9H,10H2. The third kappa shape index (κ3) is 3.11. The van der Waals surface area contributed by atoms with Crippen molar-refractivity contribution < 1.29 is 8.78 Å². The van der Waals surface area contributed by atoms with Gasteiger partial charge in [-0.2, -0.15) is 0 Å². The molecule has 0 aliphatic carbocycles. The minimum absolute atomic E-state index is 0.0996. The van der Waals surface area contributed by atoms with Gasteiger partial charge in [-0.05, 0) is 51.0 Å². The lowest BCUT2D eigenvalue weighted by molar-refractivity contribution is 0.562. The maximum Gasteiger partial charge on any atom is 0.144 e. The predicted molar refractivity (Wildman–Crippen MR) is 87.6 cm³/mol. The molecule has 0 unspecified atom stereocenters. The van der Waals surface area contributed by atoms with Crippen LogP contribution in [0.4, 0.5) is 8.78 Å². The number of halogens is 3. The molecule has 0 aromatic heterocycles. The molecule has 0 atom stereocenters. The molecule has 4 heteroatoms. The van der Waals surface area contributed by atoms with Crippen molar-refractivity contribution in [3.8, 4) is 0 Å². The minimum Gasteiger partial charge on any atom is -0.207 e. The van der Waals surface area contributed by atoms with E-state index in [1.807, 2.05) is 42.5 Å². The third-order valence-electron chi connectivity index (χ3n) is 3.24. The molecule has 0 aliphatic rings. The van der Waals surface area contributed by atoms with E-state index in [1.165, 1.54) is 23.9 Å². The van der Waals surface area contributed by atoms with Crippen molar-refractivity contribution in [2.75, 3.05) is 0 Å². The lowest BCUT2D eigenvalue weighted by atomic mass is 10.1. The summed E-state index contributed by atoms with van der Waals surface area (Å²) in [4.78, 5) is 0.993. The van der Waals surface area contributed by atoms with Crippen molar-refractivity contribution in [3.63, 3.8) is 0 Å². The molecule has 3 aromatic carbocycles. The van der Waals surface area contributed by atoms with Gasteiger partial charge in [0.25, 0.3) is 0 Å². The molecule has 21 heavy (non-hydrogen) atoms. The summed E-state index contributed by atoms with van der Waals surface area (Å²) >= 11 is 4.51. The second-order valence-corrected chi connectivity index (χ2v) is 6.52. The highest BCUT2D eigenvalue weighted by molar-refractivity contribution is 9.10. The van der Waals surface area contributed by atoms with Gasteiger partial charge in [0.2, 0.25) is 0 Å². The second-order valence-electron chi connectivity index (χ2n) is 4.62. The first-order valence-corrected chi connectivity index (χ1v) is 8.17. The van der Waals surface area contributed by atoms with E-state index < -0.39 is 11.6 Å². The molecule has 0 nitrogen and oxygen atoms in total. The van der Waals surface area contributed by atoms with E-state index in [-0.39, 0.29) is 15.8 Å². The molecule has 3 rings (SSSR count). The fourth-order valence-corrected chi connectivity index (χ4v) is 3.44. The summed E-state index contributed by atoms with van der Waals surface area (Å²) < 4.78 is 27.9. The number of hydrogen-bond acceptors (Lipinski definition) is 1. The van der Waals surface area contributed by atoms with E-state index in [9.17, 15) is 8.78 Å². The Kier molecular flexibility index (Phi) is 4.27. The lowest BCUT2D eigenvalue weighted by Crippen LogP contribution is -1.94. The van der Waals surface area contributed by atoms with Gasteiger partial charge in [-0.15, -0.1) is 11.8 Å². The monoisotopic (exact) mass is 364 g/mol. The zero-order valence-corrected chi connectivity index (χ0v) is 13.3. The van der Waals surface area contributed by atoms with Gasteiger partial charge < -0.3 is 0 Å². The van der Waals surface area contributed by atoms with Crippen LogP contribution in [0.2, 0.25) is 0 Å². The maximum atomic E-state index is 13.9. The molecule has 0 bridgehead atoms. The van der Waals surface area contributed by atoms with Gasteiger partial charge in [0.15, 0.2) is 0 Å². The van der Waals surface area contributed by atoms with E-state index in [0.29, 0.717) is 0 Å². The first kappa shape index (κ1) is 14.5. The first-order valence-electron chi connectivity index (χ1n) is 6.39. The van der Waals surface area contributed by atoms with Crippen LogP contribution in [0.25, 0.3) is 10.8 Å². The van der Waals surface area contributed by atoms with Gasteiger partial charge in [0, 0.05) is 16.2 Å². The van der Waals surface area contributed by atoms with Crippen LogP contribution >= 0.6 is 27.7 Å². The van der Waals surface area contributed by atoms with Crippen LogP contribution in [0.3, 0.4) is 0 Å². The van der Waals surface area contributed by atoms with Gasteiger partial charge in [-0.3, -0.25) is 0 Å². The van der Waals surface area contributed by atoms with Gasteiger partial charge in [-0.1, -0.05) is 30.3 Å². The summed E-state index contributed by atoms with van der Waals surface area (Å²) in [5.41, 5.74) is 0.0996. The molecule has 0 saturated carbocycles. The number of hydrogen-bond donors (Lipinski definition) is 0. The lowest BCUT2D eigenvalue weighted by Gasteiger charge is -2.07. The highest BCUT2D eigenvalue weighted by Gasteiger charge is 2.12. The highest BCUT2D eigenvalue weighted by Crippen LogP contribution is 2.30. The van der Waals surface area contributed by atoms with Crippen LogP contribution in [-0.2, 0) is 5.75 Å². The Hall–Kier alpha value is -1.39. The van der Waals surface area contributed by atoms with Crippen molar-refractivity contribution in [3.05, 3.63) is 76.3 Å². The third-order valence-corrected chi connectivity index (χ3v) is 4.88. The fourth-order valence-electron chi connectivity index (χ4n) is 2.11. The fraction of sp³-hybridized carbons (Fsp3) is 0.0588. The first-order chi connectivity index (χ1) is 10.1. The Morgan fingerprint density at radius 1 is 0.905 bits per heavy atom. The van der Waals surface area contributed by atoms with Crippen molar-refractivity contribution >= 4 is 38.5 Å². The summed E-state index contributed by atoms with van der Waals surface area (Å²) in [6.07, 6.45) is 0. The SMILES string of the molecule is Fc1ccc(Br)c(F)c1CSc1ccc2ccccc2c1. The topological polar surface area (TPSA) is 0 Å². The molecular weight excluding hydrogens is 354 g/mol. The molecule has 0 radical (unpaired) electrons. The molecular formula is C17H11BrF2S. The van der Waals surface area contributed by atoms with Crippen molar-refractivity contribution in [1.29, 1.82) is 0 Å². The minimum atomic E-state index is -0.525. The Morgan fingerprint density at radius 3 is 2.48 bits per heavy atom. The Bertz CT molecular complexity index is 802. The molecule has 0 saturated heterocycles. The van der Waals surface area contributed by atoms with Crippen LogP contribution in [0.15, 0.2) is 64.0 Å². The summed E-state index contributed by atoms with van der Waals surface area (Å²) in [6.45, 7) is 0. The quantitative estimate of drug-likeness (QED) is 0.395. The average Bonchev–Trinajstić information content (AvgIpc) is 2.51. The smallest absolute Gasteiger partial charge is 0.144 e. The molecule has 0 fully saturated rings. The zero-order chi connectivity index (χ0) is 14.8. The van der Waals surface area contributed by atoms with Crippen LogP contribution in [0.1, 0.15) is 5.56 Å². The summed E-state index contributed by atoms with van der Waals surface area (Å²) in [5, 5.41) is 2.28. The van der Waals surface area contributed by atoms with Crippen LogP contribution in [0, 0.1) is 11.6 Å². The van der Waals surface area contributed by atoms with E-state index in [4.69, 9.17) is 0 Å². The zero-order valence-electron chi connectivity index (χ0n) is 10.9. The van der Waals surface area contributed by atoms with Crippen molar-refractivity contribution in [2.45, 2.75) is 10.6 Å². The average molecular weight is 365 g/mol. The molecule has 106 valence electrons. The van der Waals surface area contributed by atoms with Gasteiger partial charge in [0.1, 0.15) is 11.6 Å². The van der Waals surface area contributed by atoms with Gasteiger partial charge in [0.05, 0.1) is 4.47 Å². The van der Waals surface area contributed by atoms with Gasteiger partial charge in [-0.25, -0.2) is 8.78 Å². The van der Waals surface area contributed by atoms with Gasteiger partial charge >= 0.3 is 0 Å². The summed E-state index contributed by atoms with van der Waals surface area (Å²) in [6, 6.07) is 16.7. The Balaban J connectivity index is 1.85.